The summed E-state index contributed by atoms with van der Waals surface area (Å²) in [4.78, 5) is 0. The molecule has 0 fully saturated rings. The van der Waals surface area contributed by atoms with E-state index in [2.05, 4.69) is 6.92 Å². The van der Waals surface area contributed by atoms with Crippen molar-refractivity contribution in [3.63, 3.8) is 0 Å². The predicted molar refractivity (Wildman–Crippen MR) is 54.8 cm³/mol. The lowest BCUT2D eigenvalue weighted by Crippen LogP contribution is -1.95. The van der Waals surface area contributed by atoms with Crippen LogP contribution in [0.15, 0.2) is 11.6 Å². The minimum atomic E-state index is 0.609. The van der Waals surface area contributed by atoms with Gasteiger partial charge in [-0.15, -0.1) is 11.6 Å². The standard InChI is InChI=1S/C10H19ClO/c1-3-4-5-7-12-8-6-10(2)9-11/h6H,3-5,7-9H2,1-2H3/b10-6+. The normalized spacial score (nSPS) is 12.1. The number of hydrogen-bond acceptors (Lipinski definition) is 1. The molecule has 0 aliphatic rings. The van der Waals surface area contributed by atoms with Crippen LogP contribution < -0.4 is 0 Å². The zero-order valence-electron chi connectivity index (χ0n) is 8.11. The molecule has 0 radical (unpaired) electrons. The maximum atomic E-state index is 5.59. The molecule has 0 aromatic carbocycles. The molecule has 0 N–H and O–H groups in total. The first-order chi connectivity index (χ1) is 5.81. The lowest BCUT2D eigenvalue weighted by atomic mass is 10.3. The van der Waals surface area contributed by atoms with Gasteiger partial charge in [-0.25, -0.2) is 0 Å². The van der Waals surface area contributed by atoms with Crippen molar-refractivity contribution in [1.29, 1.82) is 0 Å². The first-order valence-corrected chi connectivity index (χ1v) is 5.14. The van der Waals surface area contributed by atoms with Crippen LogP contribution in [0.2, 0.25) is 0 Å². The van der Waals surface area contributed by atoms with E-state index < -0.39 is 0 Å². The molecule has 2 heteroatoms. The summed E-state index contributed by atoms with van der Waals surface area (Å²) in [5.41, 5.74) is 1.19. The lowest BCUT2D eigenvalue weighted by molar-refractivity contribution is 0.157. The summed E-state index contributed by atoms with van der Waals surface area (Å²) in [6, 6.07) is 0. The highest BCUT2D eigenvalue weighted by Gasteiger charge is 1.87. The van der Waals surface area contributed by atoms with E-state index in [0.29, 0.717) is 12.5 Å². The Kier molecular flexibility index (Phi) is 9.07. The summed E-state index contributed by atoms with van der Waals surface area (Å²) in [6.45, 7) is 5.79. The predicted octanol–water partition coefficient (Wildman–Crippen LogP) is 3.38. The van der Waals surface area contributed by atoms with E-state index in [1.165, 1.54) is 24.8 Å². The molecule has 0 atom stereocenters. The van der Waals surface area contributed by atoms with Gasteiger partial charge in [0.1, 0.15) is 0 Å². The van der Waals surface area contributed by atoms with Crippen LogP contribution in [-0.2, 0) is 4.74 Å². The zero-order valence-corrected chi connectivity index (χ0v) is 8.86. The summed E-state index contributed by atoms with van der Waals surface area (Å²) < 4.78 is 5.37. The smallest absolute Gasteiger partial charge is 0.0650 e. The minimum Gasteiger partial charge on any atom is -0.377 e. The van der Waals surface area contributed by atoms with Gasteiger partial charge in [0, 0.05) is 12.5 Å². The molecular formula is C10H19ClO. The highest BCUT2D eigenvalue weighted by molar-refractivity contribution is 6.19. The van der Waals surface area contributed by atoms with Gasteiger partial charge in [-0.3, -0.25) is 0 Å². The van der Waals surface area contributed by atoms with Crippen LogP contribution in [0.5, 0.6) is 0 Å². The van der Waals surface area contributed by atoms with Crippen molar-refractivity contribution < 1.29 is 4.74 Å². The summed E-state index contributed by atoms with van der Waals surface area (Å²) >= 11 is 5.59. The molecule has 0 rings (SSSR count). The molecule has 0 heterocycles. The molecule has 0 aliphatic carbocycles. The number of hydrogen-bond donors (Lipinski definition) is 0. The van der Waals surface area contributed by atoms with Crippen LogP contribution in [0.25, 0.3) is 0 Å². The van der Waals surface area contributed by atoms with Crippen molar-refractivity contribution in [2.24, 2.45) is 0 Å². The van der Waals surface area contributed by atoms with Crippen LogP contribution in [0.3, 0.4) is 0 Å². The Morgan fingerprint density at radius 2 is 2.17 bits per heavy atom. The first-order valence-electron chi connectivity index (χ1n) is 4.60. The van der Waals surface area contributed by atoms with Gasteiger partial charge < -0.3 is 4.74 Å². The van der Waals surface area contributed by atoms with E-state index in [-0.39, 0.29) is 0 Å². The van der Waals surface area contributed by atoms with E-state index >= 15 is 0 Å². The van der Waals surface area contributed by atoms with Crippen LogP contribution in [0.4, 0.5) is 0 Å². The molecule has 0 saturated carbocycles. The number of alkyl halides is 1. The Labute approximate surface area is 80.8 Å². The van der Waals surface area contributed by atoms with E-state index in [4.69, 9.17) is 16.3 Å². The molecule has 1 nitrogen and oxygen atoms in total. The Bertz CT molecular complexity index is 121. The Morgan fingerprint density at radius 3 is 2.75 bits per heavy atom. The highest BCUT2D eigenvalue weighted by Crippen LogP contribution is 1.97. The summed E-state index contributed by atoms with van der Waals surface area (Å²) in [7, 11) is 0. The van der Waals surface area contributed by atoms with Gasteiger partial charge in [0.05, 0.1) is 6.61 Å². The molecule has 0 amide bonds. The largest absolute Gasteiger partial charge is 0.377 e. The molecule has 0 aromatic rings. The van der Waals surface area contributed by atoms with Crippen molar-refractivity contribution >= 4 is 11.6 Å². The van der Waals surface area contributed by atoms with E-state index in [1.807, 2.05) is 13.0 Å². The Hall–Kier alpha value is -0.0100. The number of rotatable bonds is 7. The van der Waals surface area contributed by atoms with Gasteiger partial charge in [0.15, 0.2) is 0 Å². The van der Waals surface area contributed by atoms with Crippen LogP contribution in [-0.4, -0.2) is 19.1 Å². The number of unbranched alkanes of at least 4 members (excludes halogenated alkanes) is 2. The van der Waals surface area contributed by atoms with Crippen molar-refractivity contribution in [2.75, 3.05) is 19.1 Å². The third-order valence-corrected chi connectivity index (χ3v) is 2.07. The molecule has 0 bridgehead atoms. The van der Waals surface area contributed by atoms with Crippen molar-refractivity contribution in [3.8, 4) is 0 Å². The average molecular weight is 191 g/mol. The Balaban J connectivity index is 3.10. The summed E-state index contributed by atoms with van der Waals surface area (Å²) in [6.07, 6.45) is 5.72. The topological polar surface area (TPSA) is 9.23 Å². The fraction of sp³-hybridized carbons (Fsp3) is 0.800. The van der Waals surface area contributed by atoms with Crippen LogP contribution in [0.1, 0.15) is 33.1 Å². The SMILES string of the molecule is CCCCCOC/C=C(\C)CCl. The fourth-order valence-electron chi connectivity index (χ4n) is 0.793. The van der Waals surface area contributed by atoms with E-state index in [9.17, 15) is 0 Å². The number of allylic oxidation sites excluding steroid dienone is 1. The molecule has 72 valence electrons. The molecule has 0 aromatic heterocycles. The van der Waals surface area contributed by atoms with Gasteiger partial charge in [0.25, 0.3) is 0 Å². The van der Waals surface area contributed by atoms with Crippen LogP contribution >= 0.6 is 11.6 Å². The lowest BCUT2D eigenvalue weighted by Gasteiger charge is -2.00. The van der Waals surface area contributed by atoms with E-state index in [1.54, 1.807) is 0 Å². The van der Waals surface area contributed by atoms with Gasteiger partial charge in [-0.2, -0.15) is 0 Å². The zero-order chi connectivity index (χ0) is 9.23. The van der Waals surface area contributed by atoms with Crippen molar-refractivity contribution in [2.45, 2.75) is 33.1 Å². The van der Waals surface area contributed by atoms with Gasteiger partial charge >= 0.3 is 0 Å². The molecule has 0 aliphatic heterocycles. The third kappa shape index (κ3) is 8.09. The summed E-state index contributed by atoms with van der Waals surface area (Å²) in [5, 5.41) is 0. The minimum absolute atomic E-state index is 0.609. The number of halogens is 1. The second kappa shape index (κ2) is 9.08. The van der Waals surface area contributed by atoms with Crippen molar-refractivity contribution in [3.05, 3.63) is 11.6 Å². The highest BCUT2D eigenvalue weighted by atomic mass is 35.5. The van der Waals surface area contributed by atoms with Crippen LogP contribution in [0, 0.1) is 0 Å². The quantitative estimate of drug-likeness (QED) is 0.340. The molecule has 0 unspecified atom stereocenters. The average Bonchev–Trinajstić information content (AvgIpc) is 2.10. The molecular weight excluding hydrogens is 172 g/mol. The number of ether oxygens (including phenoxy) is 1. The molecule has 0 saturated heterocycles. The third-order valence-electron chi connectivity index (χ3n) is 1.65. The van der Waals surface area contributed by atoms with Gasteiger partial charge in [0.2, 0.25) is 0 Å². The second-order valence-corrected chi connectivity index (χ2v) is 3.23. The van der Waals surface area contributed by atoms with E-state index in [0.717, 1.165) is 6.61 Å². The fourth-order valence-corrected chi connectivity index (χ4v) is 0.902. The molecule has 12 heavy (non-hydrogen) atoms. The molecule has 0 spiro atoms. The Morgan fingerprint density at radius 1 is 1.42 bits per heavy atom. The monoisotopic (exact) mass is 190 g/mol. The van der Waals surface area contributed by atoms with Gasteiger partial charge in [-0.05, 0) is 13.3 Å². The first kappa shape index (κ1) is 12.0. The maximum Gasteiger partial charge on any atom is 0.0650 e. The maximum absolute atomic E-state index is 5.59. The second-order valence-electron chi connectivity index (χ2n) is 2.97. The van der Waals surface area contributed by atoms with Gasteiger partial charge in [-0.1, -0.05) is 31.4 Å². The van der Waals surface area contributed by atoms with Crippen molar-refractivity contribution in [1.82, 2.24) is 0 Å². The summed E-state index contributed by atoms with van der Waals surface area (Å²) in [5.74, 6) is 0.609.